The third kappa shape index (κ3) is 3.67. The predicted molar refractivity (Wildman–Crippen MR) is 117 cm³/mol. The summed E-state index contributed by atoms with van der Waals surface area (Å²) in [5.74, 6) is 0.00474. The molecule has 148 valence electrons. The molecule has 0 bridgehead atoms. The lowest BCUT2D eigenvalue weighted by molar-refractivity contribution is -0.117. The van der Waals surface area contributed by atoms with E-state index >= 15 is 0 Å². The van der Waals surface area contributed by atoms with Gasteiger partial charge in [-0.25, -0.2) is 4.98 Å². The number of imidazole rings is 1. The first kappa shape index (κ1) is 18.1. The second-order valence-corrected chi connectivity index (χ2v) is 7.45. The lowest BCUT2D eigenvalue weighted by atomic mass is 10.2. The Balaban J connectivity index is 1.26. The van der Waals surface area contributed by atoms with Crippen molar-refractivity contribution >= 4 is 34.2 Å². The molecule has 2 N–H and O–H groups in total. The fourth-order valence-corrected chi connectivity index (χ4v) is 3.37. The molecule has 0 atom stereocenters. The summed E-state index contributed by atoms with van der Waals surface area (Å²) in [5, 5.41) is 5.78. The Hall–Kier alpha value is -3.93. The molecule has 1 aliphatic rings. The molecule has 0 saturated heterocycles. The number of hydrogen-bond donors (Lipinski definition) is 2. The van der Waals surface area contributed by atoms with E-state index in [-0.39, 0.29) is 17.7 Å². The van der Waals surface area contributed by atoms with E-state index in [0.29, 0.717) is 16.9 Å². The zero-order valence-electron chi connectivity index (χ0n) is 16.2. The molecule has 1 aromatic heterocycles. The highest BCUT2D eigenvalue weighted by molar-refractivity contribution is 6.04. The summed E-state index contributed by atoms with van der Waals surface area (Å²) < 4.78 is 2.01. The van der Waals surface area contributed by atoms with Gasteiger partial charge in [-0.1, -0.05) is 12.1 Å². The van der Waals surface area contributed by atoms with Crippen LogP contribution in [0.2, 0.25) is 0 Å². The van der Waals surface area contributed by atoms with Crippen LogP contribution in [0.1, 0.15) is 23.2 Å². The molecular formula is C24H20N4O2. The Morgan fingerprint density at radius 3 is 2.23 bits per heavy atom. The summed E-state index contributed by atoms with van der Waals surface area (Å²) in [6, 6.07) is 22.5. The number of nitrogens with one attached hydrogen (secondary N) is 2. The van der Waals surface area contributed by atoms with Crippen LogP contribution in [0.4, 0.5) is 11.4 Å². The monoisotopic (exact) mass is 396 g/mol. The molecule has 3 aromatic carbocycles. The first-order valence-corrected chi connectivity index (χ1v) is 9.92. The molecule has 4 aromatic rings. The molecule has 1 aliphatic carbocycles. The van der Waals surface area contributed by atoms with Gasteiger partial charge in [-0.05, 0) is 73.5 Å². The maximum atomic E-state index is 12.5. The molecule has 6 heteroatoms. The van der Waals surface area contributed by atoms with E-state index in [2.05, 4.69) is 15.6 Å². The Morgan fingerprint density at radius 2 is 1.50 bits per heavy atom. The molecule has 1 fully saturated rings. The number of hydrogen-bond acceptors (Lipinski definition) is 3. The number of carbonyl (C=O) groups is 2. The number of rotatable bonds is 5. The lowest BCUT2D eigenvalue weighted by Gasteiger charge is -2.09. The van der Waals surface area contributed by atoms with Crippen molar-refractivity contribution in [1.82, 2.24) is 9.55 Å². The van der Waals surface area contributed by atoms with Crippen LogP contribution in [-0.2, 0) is 4.79 Å². The van der Waals surface area contributed by atoms with Crippen LogP contribution in [0, 0.1) is 5.92 Å². The van der Waals surface area contributed by atoms with Crippen molar-refractivity contribution in [3.63, 3.8) is 0 Å². The van der Waals surface area contributed by atoms with Gasteiger partial charge in [0.1, 0.15) is 6.33 Å². The molecule has 0 unspecified atom stereocenters. The molecular weight excluding hydrogens is 376 g/mol. The highest BCUT2D eigenvalue weighted by Gasteiger charge is 2.29. The zero-order valence-corrected chi connectivity index (χ0v) is 16.2. The van der Waals surface area contributed by atoms with Gasteiger partial charge >= 0.3 is 0 Å². The summed E-state index contributed by atoms with van der Waals surface area (Å²) in [6.45, 7) is 0. The first-order chi connectivity index (χ1) is 14.7. The number of para-hydroxylation sites is 2. The normalized spacial score (nSPS) is 13.2. The van der Waals surface area contributed by atoms with Gasteiger partial charge in [0, 0.05) is 28.5 Å². The van der Waals surface area contributed by atoms with Crippen molar-refractivity contribution in [2.45, 2.75) is 12.8 Å². The van der Waals surface area contributed by atoms with Gasteiger partial charge in [-0.15, -0.1) is 0 Å². The Labute approximate surface area is 173 Å². The van der Waals surface area contributed by atoms with Gasteiger partial charge in [-0.2, -0.15) is 0 Å². The Morgan fingerprint density at radius 1 is 0.833 bits per heavy atom. The van der Waals surface area contributed by atoms with Gasteiger partial charge in [0.25, 0.3) is 5.91 Å². The highest BCUT2D eigenvalue weighted by Crippen LogP contribution is 2.30. The molecule has 5 rings (SSSR count). The molecule has 6 nitrogen and oxygen atoms in total. The largest absolute Gasteiger partial charge is 0.326 e. The van der Waals surface area contributed by atoms with Crippen molar-refractivity contribution in [1.29, 1.82) is 0 Å². The fraction of sp³-hybridized carbons (Fsp3) is 0.125. The van der Waals surface area contributed by atoms with E-state index in [1.807, 2.05) is 53.1 Å². The molecule has 0 aliphatic heterocycles. The molecule has 0 radical (unpaired) electrons. The fourth-order valence-electron chi connectivity index (χ4n) is 3.37. The van der Waals surface area contributed by atoms with E-state index in [1.165, 1.54) is 0 Å². The molecule has 0 spiro atoms. The summed E-state index contributed by atoms with van der Waals surface area (Å²) in [7, 11) is 0. The standard InChI is InChI=1S/C24H20N4O2/c29-23(16-5-6-16)26-18-9-7-17(8-10-18)24(30)27-19-11-13-20(14-12-19)28-15-25-21-3-1-2-4-22(21)28/h1-4,7-16H,5-6H2,(H,26,29)(H,27,30). The molecule has 1 saturated carbocycles. The highest BCUT2D eigenvalue weighted by atomic mass is 16.2. The number of aromatic nitrogens is 2. The predicted octanol–water partition coefficient (Wildman–Crippen LogP) is 4.63. The summed E-state index contributed by atoms with van der Waals surface area (Å²) in [5.41, 5.74) is 4.89. The summed E-state index contributed by atoms with van der Waals surface area (Å²) >= 11 is 0. The average Bonchev–Trinajstić information content (AvgIpc) is 3.54. The number of nitrogens with zero attached hydrogens (tertiary/aromatic N) is 2. The van der Waals surface area contributed by atoms with Crippen molar-refractivity contribution in [3.8, 4) is 5.69 Å². The summed E-state index contributed by atoms with van der Waals surface area (Å²) in [4.78, 5) is 28.8. The van der Waals surface area contributed by atoms with Gasteiger partial charge in [0.2, 0.25) is 5.91 Å². The van der Waals surface area contributed by atoms with Crippen LogP contribution in [0.3, 0.4) is 0 Å². The second-order valence-electron chi connectivity index (χ2n) is 7.45. The summed E-state index contributed by atoms with van der Waals surface area (Å²) in [6.07, 6.45) is 3.71. The second kappa shape index (κ2) is 7.48. The van der Waals surface area contributed by atoms with Crippen LogP contribution in [0.15, 0.2) is 79.1 Å². The lowest BCUT2D eigenvalue weighted by Crippen LogP contribution is -2.14. The van der Waals surface area contributed by atoms with Gasteiger partial charge in [-0.3, -0.25) is 14.2 Å². The molecule has 30 heavy (non-hydrogen) atoms. The Kier molecular flexibility index (Phi) is 4.52. The van der Waals surface area contributed by atoms with E-state index in [0.717, 1.165) is 29.6 Å². The van der Waals surface area contributed by atoms with E-state index in [1.54, 1.807) is 30.6 Å². The van der Waals surface area contributed by atoms with Crippen molar-refractivity contribution < 1.29 is 9.59 Å². The van der Waals surface area contributed by atoms with Gasteiger partial charge < -0.3 is 10.6 Å². The van der Waals surface area contributed by atoms with Crippen molar-refractivity contribution in [3.05, 3.63) is 84.7 Å². The third-order valence-electron chi connectivity index (χ3n) is 5.22. The number of anilines is 2. The number of amides is 2. The number of fused-ring (bicyclic) bond motifs is 1. The SMILES string of the molecule is O=C(Nc1ccc(-n2cnc3ccccc32)cc1)c1ccc(NC(=O)C2CC2)cc1. The van der Waals surface area contributed by atoms with Gasteiger partial charge in [0.05, 0.1) is 11.0 Å². The first-order valence-electron chi connectivity index (χ1n) is 9.92. The minimum atomic E-state index is -0.198. The van der Waals surface area contributed by atoms with Crippen LogP contribution >= 0.6 is 0 Å². The van der Waals surface area contributed by atoms with Crippen molar-refractivity contribution in [2.24, 2.45) is 5.92 Å². The number of benzene rings is 3. The van der Waals surface area contributed by atoms with E-state index in [4.69, 9.17) is 0 Å². The van der Waals surface area contributed by atoms with Crippen LogP contribution in [-0.4, -0.2) is 21.4 Å². The topological polar surface area (TPSA) is 76.0 Å². The minimum Gasteiger partial charge on any atom is -0.326 e. The third-order valence-corrected chi connectivity index (χ3v) is 5.22. The van der Waals surface area contributed by atoms with Crippen molar-refractivity contribution in [2.75, 3.05) is 10.6 Å². The number of carbonyl (C=O) groups excluding carboxylic acids is 2. The maximum Gasteiger partial charge on any atom is 0.255 e. The van der Waals surface area contributed by atoms with E-state index in [9.17, 15) is 9.59 Å². The molecule has 2 amide bonds. The van der Waals surface area contributed by atoms with Crippen LogP contribution in [0.5, 0.6) is 0 Å². The van der Waals surface area contributed by atoms with Crippen LogP contribution < -0.4 is 10.6 Å². The maximum absolute atomic E-state index is 12.5. The van der Waals surface area contributed by atoms with E-state index < -0.39 is 0 Å². The molecule has 1 heterocycles. The van der Waals surface area contributed by atoms with Crippen LogP contribution in [0.25, 0.3) is 16.7 Å². The zero-order chi connectivity index (χ0) is 20.5. The average molecular weight is 396 g/mol. The Bertz CT molecular complexity index is 1220. The quantitative estimate of drug-likeness (QED) is 0.517. The minimum absolute atomic E-state index is 0.0537. The van der Waals surface area contributed by atoms with Gasteiger partial charge in [0.15, 0.2) is 0 Å². The smallest absolute Gasteiger partial charge is 0.255 e.